The molecule has 102 valence electrons. The van der Waals surface area contributed by atoms with Crippen LogP contribution in [0, 0.1) is 5.82 Å². The Morgan fingerprint density at radius 1 is 1.10 bits per heavy atom. The standard InChI is InChI=1S/C12H3Br3ClFN2S/c13-4-1-5-9(7(17)2-4)18-12(19-11(5)16)6-3-8(14)20-10(6)15/h1-3H. The van der Waals surface area contributed by atoms with Crippen LogP contribution in [0.2, 0.25) is 5.15 Å². The van der Waals surface area contributed by atoms with Crippen LogP contribution in [0.25, 0.3) is 22.3 Å². The normalized spacial score (nSPS) is 11.2. The highest BCUT2D eigenvalue weighted by Gasteiger charge is 2.16. The summed E-state index contributed by atoms with van der Waals surface area (Å²) in [7, 11) is 0. The molecule has 8 heteroatoms. The van der Waals surface area contributed by atoms with Crippen LogP contribution in [0.3, 0.4) is 0 Å². The van der Waals surface area contributed by atoms with Gasteiger partial charge in [-0.15, -0.1) is 11.3 Å². The van der Waals surface area contributed by atoms with Crippen molar-refractivity contribution < 1.29 is 4.39 Å². The van der Waals surface area contributed by atoms with E-state index in [4.69, 9.17) is 11.6 Å². The van der Waals surface area contributed by atoms with Gasteiger partial charge in [-0.05, 0) is 50.1 Å². The Hall–Kier alpha value is -0.0800. The van der Waals surface area contributed by atoms with Crippen molar-refractivity contribution in [3.8, 4) is 11.4 Å². The van der Waals surface area contributed by atoms with Gasteiger partial charge in [-0.3, -0.25) is 0 Å². The predicted octanol–water partition coefficient (Wildman–Crippen LogP) is 6.44. The first kappa shape index (κ1) is 14.8. The zero-order valence-corrected chi connectivity index (χ0v) is 15.8. The largest absolute Gasteiger partial charge is 0.225 e. The fourth-order valence-electron chi connectivity index (χ4n) is 1.73. The second-order valence-corrected chi connectivity index (χ2v) is 8.88. The Balaban J connectivity index is 2.32. The highest BCUT2D eigenvalue weighted by Crippen LogP contribution is 2.38. The minimum Gasteiger partial charge on any atom is -0.225 e. The first-order valence-corrected chi connectivity index (χ1v) is 8.80. The maximum atomic E-state index is 14.0. The van der Waals surface area contributed by atoms with E-state index in [-0.39, 0.29) is 10.7 Å². The van der Waals surface area contributed by atoms with Crippen LogP contribution in [0.15, 0.2) is 30.2 Å². The molecular formula is C12H3Br3ClFN2S. The Kier molecular flexibility index (Phi) is 4.16. The highest BCUT2D eigenvalue weighted by molar-refractivity contribution is 9.12. The van der Waals surface area contributed by atoms with Crippen LogP contribution in [0.1, 0.15) is 0 Å². The van der Waals surface area contributed by atoms with E-state index >= 15 is 0 Å². The van der Waals surface area contributed by atoms with E-state index in [1.54, 1.807) is 6.07 Å². The molecule has 1 aromatic carbocycles. The minimum absolute atomic E-state index is 0.206. The molecule has 2 nitrogen and oxygen atoms in total. The summed E-state index contributed by atoms with van der Waals surface area (Å²) in [5.74, 6) is -0.0529. The first-order valence-electron chi connectivity index (χ1n) is 5.23. The predicted molar refractivity (Wildman–Crippen MR) is 90.9 cm³/mol. The van der Waals surface area contributed by atoms with Crippen molar-refractivity contribution in [3.05, 3.63) is 41.2 Å². The van der Waals surface area contributed by atoms with Crippen molar-refractivity contribution in [2.24, 2.45) is 0 Å². The summed E-state index contributed by atoms with van der Waals surface area (Å²) in [5.41, 5.74) is 0.977. The van der Waals surface area contributed by atoms with Gasteiger partial charge in [0.25, 0.3) is 0 Å². The van der Waals surface area contributed by atoms with E-state index < -0.39 is 5.82 Å². The van der Waals surface area contributed by atoms with Gasteiger partial charge in [-0.1, -0.05) is 27.5 Å². The lowest BCUT2D eigenvalue weighted by molar-refractivity contribution is 0.636. The molecule has 0 aliphatic heterocycles. The minimum atomic E-state index is -0.439. The van der Waals surface area contributed by atoms with Crippen molar-refractivity contribution in [2.45, 2.75) is 0 Å². The number of thiophene rings is 1. The summed E-state index contributed by atoms with van der Waals surface area (Å²) < 4.78 is 16.4. The van der Waals surface area contributed by atoms with Crippen LogP contribution < -0.4 is 0 Å². The average molecular weight is 501 g/mol. The average Bonchev–Trinajstić information content (AvgIpc) is 2.69. The van der Waals surface area contributed by atoms with E-state index in [0.717, 1.165) is 13.1 Å². The molecule has 0 saturated carbocycles. The molecule has 2 heterocycles. The van der Waals surface area contributed by atoms with Gasteiger partial charge in [0, 0.05) is 15.4 Å². The molecule has 0 aliphatic carbocycles. The molecule has 0 aliphatic rings. The lowest BCUT2D eigenvalue weighted by Crippen LogP contribution is -1.94. The molecule has 0 atom stereocenters. The maximum absolute atomic E-state index is 14.0. The van der Waals surface area contributed by atoms with Crippen molar-refractivity contribution in [3.63, 3.8) is 0 Å². The number of hydrogen-bond acceptors (Lipinski definition) is 3. The number of rotatable bonds is 1. The third-order valence-electron chi connectivity index (χ3n) is 2.57. The van der Waals surface area contributed by atoms with Gasteiger partial charge in [0.2, 0.25) is 0 Å². The Labute approximate surface area is 147 Å². The number of benzene rings is 1. The molecule has 20 heavy (non-hydrogen) atoms. The molecule has 0 bridgehead atoms. The zero-order chi connectivity index (χ0) is 14.4. The van der Waals surface area contributed by atoms with Crippen molar-refractivity contribution in [1.82, 2.24) is 9.97 Å². The monoisotopic (exact) mass is 498 g/mol. The SMILES string of the molecule is Fc1cc(Br)cc2c(Cl)nc(-c3cc(Br)sc3Br)nc12. The lowest BCUT2D eigenvalue weighted by Gasteiger charge is -2.05. The van der Waals surface area contributed by atoms with Crippen molar-refractivity contribution in [2.75, 3.05) is 0 Å². The third-order valence-corrected chi connectivity index (χ3v) is 5.66. The van der Waals surface area contributed by atoms with E-state index in [1.807, 2.05) is 6.07 Å². The fraction of sp³-hybridized carbons (Fsp3) is 0. The van der Waals surface area contributed by atoms with Gasteiger partial charge in [0.1, 0.15) is 10.7 Å². The van der Waals surface area contributed by atoms with E-state index in [9.17, 15) is 4.39 Å². The molecule has 0 amide bonds. The van der Waals surface area contributed by atoms with Crippen molar-refractivity contribution in [1.29, 1.82) is 0 Å². The molecular weight excluding hydrogens is 498 g/mol. The molecule has 3 aromatic rings. The summed E-state index contributed by atoms with van der Waals surface area (Å²) in [6.07, 6.45) is 0. The van der Waals surface area contributed by atoms with Gasteiger partial charge in [0.15, 0.2) is 11.6 Å². The molecule has 0 radical (unpaired) electrons. The van der Waals surface area contributed by atoms with Crippen LogP contribution in [-0.4, -0.2) is 9.97 Å². The Morgan fingerprint density at radius 2 is 1.85 bits per heavy atom. The van der Waals surface area contributed by atoms with Gasteiger partial charge in [0.05, 0.1) is 7.57 Å². The van der Waals surface area contributed by atoms with E-state index in [0.29, 0.717) is 15.7 Å². The summed E-state index contributed by atoms with van der Waals surface area (Å²) in [6.45, 7) is 0. The van der Waals surface area contributed by atoms with Gasteiger partial charge >= 0.3 is 0 Å². The first-order chi connectivity index (χ1) is 9.45. The van der Waals surface area contributed by atoms with Crippen LogP contribution >= 0.6 is 70.7 Å². The second-order valence-electron chi connectivity index (χ2n) is 3.86. The quantitative estimate of drug-likeness (QED) is 0.359. The van der Waals surface area contributed by atoms with E-state index in [2.05, 4.69) is 57.8 Å². The van der Waals surface area contributed by atoms with Crippen LogP contribution in [0.5, 0.6) is 0 Å². The number of hydrogen-bond donors (Lipinski definition) is 0. The summed E-state index contributed by atoms with van der Waals surface area (Å²) in [4.78, 5) is 8.54. The maximum Gasteiger partial charge on any atom is 0.163 e. The molecule has 0 fully saturated rings. The molecule has 0 spiro atoms. The number of fused-ring (bicyclic) bond motifs is 1. The number of nitrogens with zero attached hydrogens (tertiary/aromatic N) is 2. The van der Waals surface area contributed by atoms with Gasteiger partial charge in [-0.25, -0.2) is 14.4 Å². The summed E-state index contributed by atoms with van der Waals surface area (Å²) >= 11 is 17.7. The number of halogens is 5. The molecule has 2 aromatic heterocycles. The fourth-order valence-corrected chi connectivity index (χ4v) is 5.18. The Bertz CT molecular complexity index is 837. The van der Waals surface area contributed by atoms with Gasteiger partial charge in [-0.2, -0.15) is 0 Å². The molecule has 0 saturated heterocycles. The summed E-state index contributed by atoms with van der Waals surface area (Å²) in [5, 5.41) is 0.701. The topological polar surface area (TPSA) is 25.8 Å². The zero-order valence-electron chi connectivity index (χ0n) is 9.42. The molecule has 0 N–H and O–H groups in total. The molecule has 3 rings (SSSR count). The Morgan fingerprint density at radius 3 is 2.50 bits per heavy atom. The third kappa shape index (κ3) is 2.66. The second kappa shape index (κ2) is 5.61. The highest BCUT2D eigenvalue weighted by atomic mass is 79.9. The molecule has 0 unspecified atom stereocenters. The van der Waals surface area contributed by atoms with Gasteiger partial charge < -0.3 is 0 Å². The van der Waals surface area contributed by atoms with Crippen LogP contribution in [-0.2, 0) is 0 Å². The summed E-state index contributed by atoms with van der Waals surface area (Å²) in [6, 6.07) is 4.92. The number of aromatic nitrogens is 2. The van der Waals surface area contributed by atoms with Crippen molar-refractivity contribution >= 4 is 81.6 Å². The van der Waals surface area contributed by atoms with Crippen LogP contribution in [0.4, 0.5) is 4.39 Å². The van der Waals surface area contributed by atoms with E-state index in [1.165, 1.54) is 17.4 Å². The lowest BCUT2D eigenvalue weighted by atomic mass is 10.2. The smallest absolute Gasteiger partial charge is 0.163 e.